The highest BCUT2D eigenvalue weighted by molar-refractivity contribution is 9.10. The molecular weight excluding hydrogens is 381 g/mol. The largest absolute Gasteiger partial charge is 0.487 e. The first-order valence-corrected chi connectivity index (χ1v) is 7.93. The second-order valence-electron chi connectivity index (χ2n) is 5.07. The normalized spacial score (nSPS) is 11.1. The number of fused-ring (bicyclic) bond motifs is 1. The fourth-order valence-corrected chi connectivity index (χ4v) is 2.88. The fourth-order valence-electron chi connectivity index (χ4n) is 2.28. The number of anilines is 1. The summed E-state index contributed by atoms with van der Waals surface area (Å²) >= 11 is 3.34. The zero-order chi connectivity index (χ0) is 17.1. The molecule has 0 saturated carbocycles. The smallest absolute Gasteiger partial charge is 0.222 e. The lowest BCUT2D eigenvalue weighted by atomic mass is 10.1. The molecule has 126 valence electrons. The summed E-state index contributed by atoms with van der Waals surface area (Å²) in [6, 6.07) is 3.22. The van der Waals surface area contributed by atoms with Gasteiger partial charge in [-0.1, -0.05) is 0 Å². The zero-order valence-electron chi connectivity index (χ0n) is 12.8. The van der Waals surface area contributed by atoms with Gasteiger partial charge < -0.3 is 15.2 Å². The number of methoxy groups -OCH3 is 1. The average Bonchev–Trinajstić information content (AvgIpc) is 2.92. The highest BCUT2D eigenvalue weighted by Gasteiger charge is 2.14. The van der Waals surface area contributed by atoms with E-state index in [1.165, 1.54) is 6.07 Å². The summed E-state index contributed by atoms with van der Waals surface area (Å²) in [6.07, 6.45) is 2.02. The van der Waals surface area contributed by atoms with Gasteiger partial charge >= 0.3 is 0 Å². The number of ether oxygens (including phenoxy) is 2. The maximum atomic E-state index is 14.3. The summed E-state index contributed by atoms with van der Waals surface area (Å²) in [6.45, 7) is 0.657. The third-order valence-corrected chi connectivity index (χ3v) is 3.97. The number of halogens is 2. The minimum Gasteiger partial charge on any atom is -0.487 e. The Kier molecular flexibility index (Phi) is 4.91. The molecule has 9 heteroatoms. The third-order valence-electron chi connectivity index (χ3n) is 3.38. The molecule has 0 saturated heterocycles. The van der Waals surface area contributed by atoms with Gasteiger partial charge in [0, 0.05) is 19.7 Å². The molecule has 0 atom stereocenters. The van der Waals surface area contributed by atoms with Gasteiger partial charge in [-0.2, -0.15) is 10.1 Å². The van der Waals surface area contributed by atoms with Crippen molar-refractivity contribution in [1.82, 2.24) is 20.2 Å². The molecule has 0 aliphatic carbocycles. The molecule has 24 heavy (non-hydrogen) atoms. The Labute approximate surface area is 145 Å². The molecule has 1 aromatic carbocycles. The van der Waals surface area contributed by atoms with Crippen LogP contribution in [0.3, 0.4) is 0 Å². The first kappa shape index (κ1) is 16.6. The van der Waals surface area contributed by atoms with Crippen LogP contribution in [-0.4, -0.2) is 40.5 Å². The quantitative estimate of drug-likeness (QED) is 0.621. The summed E-state index contributed by atoms with van der Waals surface area (Å²) in [5.74, 6) is -0.112. The molecule has 3 aromatic rings. The minimum absolute atomic E-state index is 0.166. The molecule has 7 nitrogen and oxygen atoms in total. The predicted octanol–water partition coefficient (Wildman–Crippen LogP) is 2.45. The third kappa shape index (κ3) is 3.46. The van der Waals surface area contributed by atoms with Crippen LogP contribution in [0.25, 0.3) is 11.0 Å². The topological polar surface area (TPSA) is 98.9 Å². The van der Waals surface area contributed by atoms with Crippen molar-refractivity contribution in [2.45, 2.75) is 6.42 Å². The Morgan fingerprint density at radius 2 is 2.17 bits per heavy atom. The summed E-state index contributed by atoms with van der Waals surface area (Å²) < 4.78 is 25.1. The molecule has 3 N–H and O–H groups in total. The monoisotopic (exact) mass is 395 g/mol. The zero-order valence-corrected chi connectivity index (χ0v) is 14.4. The van der Waals surface area contributed by atoms with E-state index in [4.69, 9.17) is 15.2 Å². The fraction of sp³-hybridized carbons (Fsp3) is 0.267. The molecule has 0 spiro atoms. The molecule has 3 rings (SSSR count). The minimum atomic E-state index is -0.448. The van der Waals surface area contributed by atoms with Crippen LogP contribution < -0.4 is 10.5 Å². The SMILES string of the molecule is COCCOc1c(F)cc(Cc2n[nH]c3nc(N)ncc23)cc1Br. The van der Waals surface area contributed by atoms with Crippen molar-refractivity contribution in [3.05, 3.63) is 39.9 Å². The van der Waals surface area contributed by atoms with E-state index >= 15 is 0 Å². The van der Waals surface area contributed by atoms with Gasteiger partial charge in [-0.15, -0.1) is 0 Å². The lowest BCUT2D eigenvalue weighted by Gasteiger charge is -2.10. The summed E-state index contributed by atoms with van der Waals surface area (Å²) in [5.41, 5.74) is 7.55. The number of nitrogens with two attached hydrogens (primary N) is 1. The van der Waals surface area contributed by atoms with Gasteiger partial charge in [0.25, 0.3) is 0 Å². The highest BCUT2D eigenvalue weighted by atomic mass is 79.9. The van der Waals surface area contributed by atoms with E-state index < -0.39 is 5.82 Å². The molecular formula is C15H15BrFN5O2. The van der Waals surface area contributed by atoms with Crippen LogP contribution in [0.4, 0.5) is 10.3 Å². The Balaban J connectivity index is 1.84. The number of nitrogens with one attached hydrogen (secondary N) is 1. The van der Waals surface area contributed by atoms with E-state index in [-0.39, 0.29) is 18.3 Å². The van der Waals surface area contributed by atoms with Gasteiger partial charge in [-0.05, 0) is 33.6 Å². The van der Waals surface area contributed by atoms with Crippen LogP contribution in [-0.2, 0) is 11.2 Å². The summed E-state index contributed by atoms with van der Waals surface area (Å²) in [7, 11) is 1.56. The molecule has 0 aliphatic heterocycles. The molecule has 0 unspecified atom stereocenters. The Morgan fingerprint density at radius 1 is 1.33 bits per heavy atom. The second-order valence-corrected chi connectivity index (χ2v) is 5.92. The van der Waals surface area contributed by atoms with Crippen LogP contribution in [0.1, 0.15) is 11.3 Å². The van der Waals surface area contributed by atoms with Gasteiger partial charge in [0.05, 0.1) is 22.2 Å². The molecule has 0 aliphatic rings. The lowest BCUT2D eigenvalue weighted by molar-refractivity contribution is 0.143. The van der Waals surface area contributed by atoms with Crippen molar-refractivity contribution in [2.24, 2.45) is 0 Å². The number of rotatable bonds is 6. The van der Waals surface area contributed by atoms with Crippen LogP contribution in [0, 0.1) is 5.82 Å². The second kappa shape index (κ2) is 7.10. The van der Waals surface area contributed by atoms with Crippen molar-refractivity contribution < 1.29 is 13.9 Å². The van der Waals surface area contributed by atoms with Gasteiger partial charge in [0.1, 0.15) is 6.61 Å². The van der Waals surface area contributed by atoms with Crippen LogP contribution in [0.5, 0.6) is 5.75 Å². The first-order chi connectivity index (χ1) is 11.6. The van der Waals surface area contributed by atoms with E-state index in [2.05, 4.69) is 36.1 Å². The highest BCUT2D eigenvalue weighted by Crippen LogP contribution is 2.31. The van der Waals surface area contributed by atoms with Crippen molar-refractivity contribution in [2.75, 3.05) is 26.1 Å². The number of nitrogen functional groups attached to an aromatic ring is 1. The lowest BCUT2D eigenvalue weighted by Crippen LogP contribution is -2.06. The van der Waals surface area contributed by atoms with Gasteiger partial charge in [0.2, 0.25) is 5.95 Å². The van der Waals surface area contributed by atoms with E-state index in [1.54, 1.807) is 19.4 Å². The van der Waals surface area contributed by atoms with Crippen molar-refractivity contribution >= 4 is 32.9 Å². The molecule has 2 heterocycles. The van der Waals surface area contributed by atoms with Crippen molar-refractivity contribution in [1.29, 1.82) is 0 Å². The standard InChI is InChI=1S/C15H15BrFN5O2/c1-23-2-3-24-13-10(16)4-8(5-11(13)17)6-12-9-7-19-15(18)20-14(9)22-21-12/h4-5,7H,2-3,6H2,1H3,(H3,18,19,20,21,22). The maximum absolute atomic E-state index is 14.3. The van der Waals surface area contributed by atoms with Crippen molar-refractivity contribution in [3.8, 4) is 5.75 Å². The number of hydrogen-bond acceptors (Lipinski definition) is 6. The summed E-state index contributed by atoms with van der Waals surface area (Å²) in [5, 5.41) is 7.76. The number of nitrogens with zero attached hydrogens (tertiary/aromatic N) is 3. The number of benzene rings is 1. The number of aromatic nitrogens is 4. The number of H-pyrrole nitrogens is 1. The molecule has 0 radical (unpaired) electrons. The van der Waals surface area contributed by atoms with E-state index in [0.717, 1.165) is 10.9 Å². The predicted molar refractivity (Wildman–Crippen MR) is 90.4 cm³/mol. The molecule has 0 amide bonds. The Hall–Kier alpha value is -2.26. The van der Waals surface area contributed by atoms with Crippen molar-refractivity contribution in [3.63, 3.8) is 0 Å². The van der Waals surface area contributed by atoms with Gasteiger partial charge in [0.15, 0.2) is 17.2 Å². The summed E-state index contributed by atoms with van der Waals surface area (Å²) in [4.78, 5) is 8.03. The molecule has 2 aromatic heterocycles. The maximum Gasteiger partial charge on any atom is 0.222 e. The number of aromatic amines is 1. The molecule has 0 fully saturated rings. The number of hydrogen-bond donors (Lipinski definition) is 2. The van der Waals surface area contributed by atoms with Gasteiger partial charge in [-0.3, -0.25) is 5.10 Å². The van der Waals surface area contributed by atoms with E-state index in [1.807, 2.05) is 0 Å². The molecule has 0 bridgehead atoms. The van der Waals surface area contributed by atoms with Crippen LogP contribution >= 0.6 is 15.9 Å². The van der Waals surface area contributed by atoms with Crippen LogP contribution in [0.2, 0.25) is 0 Å². The van der Waals surface area contributed by atoms with Crippen LogP contribution in [0.15, 0.2) is 22.8 Å². The Morgan fingerprint density at radius 3 is 2.92 bits per heavy atom. The van der Waals surface area contributed by atoms with E-state index in [0.29, 0.717) is 28.8 Å². The van der Waals surface area contributed by atoms with Gasteiger partial charge in [-0.25, -0.2) is 9.37 Å². The van der Waals surface area contributed by atoms with E-state index in [9.17, 15) is 4.39 Å². The average molecular weight is 396 g/mol. The Bertz CT molecular complexity index is 847. The first-order valence-electron chi connectivity index (χ1n) is 7.13.